The zero-order chi connectivity index (χ0) is 26.4. The summed E-state index contributed by atoms with van der Waals surface area (Å²) in [6.45, 7) is 7.01. The fourth-order valence-electron chi connectivity index (χ4n) is 5.47. The van der Waals surface area contributed by atoms with Crippen molar-refractivity contribution < 1.29 is 14.2 Å². The van der Waals surface area contributed by atoms with E-state index in [2.05, 4.69) is 31.1 Å². The predicted octanol–water partition coefficient (Wildman–Crippen LogP) is 2.86. The van der Waals surface area contributed by atoms with Crippen molar-refractivity contribution in [1.29, 1.82) is 5.26 Å². The minimum atomic E-state index is 0.0755. The third-order valence-electron chi connectivity index (χ3n) is 7.66. The molecule has 39 heavy (non-hydrogen) atoms. The summed E-state index contributed by atoms with van der Waals surface area (Å²) in [5.41, 5.74) is 2.92. The van der Waals surface area contributed by atoms with E-state index in [-0.39, 0.29) is 6.10 Å². The molecule has 10 nitrogen and oxygen atoms in total. The molecule has 3 aromatic rings. The first-order valence-corrected chi connectivity index (χ1v) is 13.8. The van der Waals surface area contributed by atoms with Crippen LogP contribution >= 0.6 is 0 Å². The molecule has 3 aliphatic heterocycles. The van der Waals surface area contributed by atoms with Gasteiger partial charge in [0, 0.05) is 56.8 Å². The van der Waals surface area contributed by atoms with Gasteiger partial charge in [0.15, 0.2) is 5.82 Å². The maximum Gasteiger partial charge on any atom is 0.151 e. The summed E-state index contributed by atoms with van der Waals surface area (Å²) >= 11 is 0. The molecular formula is C29H33N7O3. The number of aromatic nitrogens is 4. The molecule has 0 N–H and O–H groups in total. The molecule has 3 fully saturated rings. The van der Waals surface area contributed by atoms with Crippen LogP contribution in [0.25, 0.3) is 11.3 Å². The molecule has 0 aliphatic carbocycles. The van der Waals surface area contributed by atoms with Gasteiger partial charge in [0.05, 0.1) is 49.8 Å². The second-order valence-electron chi connectivity index (χ2n) is 10.2. The minimum Gasteiger partial charge on any atom is -0.489 e. The number of nitriles is 1. The van der Waals surface area contributed by atoms with Crippen molar-refractivity contribution in [2.75, 3.05) is 57.5 Å². The van der Waals surface area contributed by atoms with E-state index in [4.69, 9.17) is 19.2 Å². The van der Waals surface area contributed by atoms with Crippen LogP contribution in [0.4, 0.5) is 5.82 Å². The third kappa shape index (κ3) is 6.17. The van der Waals surface area contributed by atoms with E-state index in [1.807, 2.05) is 36.4 Å². The van der Waals surface area contributed by atoms with Crippen molar-refractivity contribution in [3.05, 3.63) is 59.7 Å². The molecule has 10 heteroatoms. The van der Waals surface area contributed by atoms with Crippen LogP contribution in [0.3, 0.4) is 0 Å². The van der Waals surface area contributed by atoms with Crippen LogP contribution in [0.1, 0.15) is 36.3 Å². The van der Waals surface area contributed by atoms with Crippen molar-refractivity contribution in [2.24, 2.45) is 0 Å². The van der Waals surface area contributed by atoms with Crippen molar-refractivity contribution >= 4 is 5.82 Å². The number of rotatable bonds is 7. The van der Waals surface area contributed by atoms with Crippen LogP contribution in [0.2, 0.25) is 0 Å². The smallest absolute Gasteiger partial charge is 0.151 e. The zero-order valence-electron chi connectivity index (χ0n) is 22.0. The molecule has 5 heterocycles. The van der Waals surface area contributed by atoms with Crippen LogP contribution in [-0.2, 0) is 15.9 Å². The molecule has 3 aliphatic rings. The lowest BCUT2D eigenvalue weighted by Gasteiger charge is -2.32. The third-order valence-corrected chi connectivity index (χ3v) is 7.66. The van der Waals surface area contributed by atoms with E-state index in [1.54, 1.807) is 6.20 Å². The Kier molecular flexibility index (Phi) is 7.90. The molecule has 0 bridgehead atoms. The number of hydrogen-bond donors (Lipinski definition) is 0. The van der Waals surface area contributed by atoms with Gasteiger partial charge in [0.1, 0.15) is 23.7 Å². The van der Waals surface area contributed by atoms with E-state index in [9.17, 15) is 5.26 Å². The molecule has 2 aromatic heterocycles. The number of hydrogen-bond acceptors (Lipinski definition) is 10. The highest BCUT2D eigenvalue weighted by atomic mass is 16.5. The topological polar surface area (TPSA) is 110 Å². The first kappa shape index (κ1) is 25.6. The van der Waals surface area contributed by atoms with Gasteiger partial charge >= 0.3 is 0 Å². The number of anilines is 1. The molecule has 1 unspecified atom stereocenters. The van der Waals surface area contributed by atoms with Crippen LogP contribution in [-0.4, -0.2) is 89.8 Å². The first-order valence-electron chi connectivity index (χ1n) is 13.8. The Morgan fingerprint density at radius 3 is 2.59 bits per heavy atom. The van der Waals surface area contributed by atoms with Crippen molar-refractivity contribution in [2.45, 2.75) is 37.8 Å². The second kappa shape index (κ2) is 12.0. The molecule has 0 saturated carbocycles. The highest BCUT2D eigenvalue weighted by molar-refractivity contribution is 5.64. The number of morpholine rings is 1. The highest BCUT2D eigenvalue weighted by Crippen LogP contribution is 2.28. The van der Waals surface area contributed by atoms with Crippen LogP contribution < -0.4 is 9.64 Å². The Morgan fingerprint density at radius 2 is 1.79 bits per heavy atom. The van der Waals surface area contributed by atoms with Gasteiger partial charge < -0.3 is 19.1 Å². The number of benzene rings is 1. The SMILES string of the molecule is N#Cc1cc(-c2ccnc(Cc3ccc(N4CCC(N5CCOCC5)C4)nn3)n2)ccc1OC1CCOCC1. The molecule has 6 rings (SSSR count). The summed E-state index contributed by atoms with van der Waals surface area (Å²) in [7, 11) is 0. The van der Waals surface area contributed by atoms with Gasteiger partial charge in [-0.2, -0.15) is 10.4 Å². The standard InChI is InChI=1S/C29H33N7O3/c30-19-22-17-21(1-3-27(22)39-25-7-13-37-14-8-25)26-5-9-31-28(32-26)18-23-2-4-29(34-33-23)36-10-6-24(20-36)35-11-15-38-16-12-35/h1-5,9,17,24-25H,6-8,10-16,18,20H2. The zero-order valence-corrected chi connectivity index (χ0v) is 22.0. The Morgan fingerprint density at radius 1 is 0.949 bits per heavy atom. The summed E-state index contributed by atoms with van der Waals surface area (Å²) in [4.78, 5) is 14.0. The van der Waals surface area contributed by atoms with Crippen LogP contribution in [0.5, 0.6) is 5.75 Å². The maximum absolute atomic E-state index is 9.74. The summed E-state index contributed by atoms with van der Waals surface area (Å²) in [6.07, 6.45) is 5.10. The van der Waals surface area contributed by atoms with Gasteiger partial charge in [-0.25, -0.2) is 9.97 Å². The van der Waals surface area contributed by atoms with Crippen LogP contribution in [0.15, 0.2) is 42.6 Å². The highest BCUT2D eigenvalue weighted by Gasteiger charge is 2.29. The Labute approximate surface area is 228 Å². The Balaban J connectivity index is 1.10. The predicted molar refractivity (Wildman–Crippen MR) is 144 cm³/mol. The molecule has 0 radical (unpaired) electrons. The quantitative estimate of drug-likeness (QED) is 0.455. The normalized spacial score (nSPS) is 20.6. The van der Waals surface area contributed by atoms with Crippen molar-refractivity contribution in [3.8, 4) is 23.1 Å². The fraction of sp³-hybridized carbons (Fsp3) is 0.483. The molecule has 202 valence electrons. The fourth-order valence-corrected chi connectivity index (χ4v) is 5.47. The second-order valence-corrected chi connectivity index (χ2v) is 10.2. The maximum atomic E-state index is 9.74. The Hall–Kier alpha value is -3.65. The lowest BCUT2D eigenvalue weighted by atomic mass is 10.1. The van der Waals surface area contributed by atoms with Gasteiger partial charge in [0.2, 0.25) is 0 Å². The minimum absolute atomic E-state index is 0.0755. The van der Waals surface area contributed by atoms with E-state index < -0.39 is 0 Å². The average Bonchev–Trinajstić information content (AvgIpc) is 3.49. The van der Waals surface area contributed by atoms with Crippen molar-refractivity contribution in [1.82, 2.24) is 25.1 Å². The van der Waals surface area contributed by atoms with Gasteiger partial charge in [-0.1, -0.05) is 0 Å². The monoisotopic (exact) mass is 527 g/mol. The first-order chi connectivity index (χ1) is 19.2. The number of ether oxygens (including phenoxy) is 3. The summed E-state index contributed by atoms with van der Waals surface area (Å²) in [5, 5.41) is 18.7. The van der Waals surface area contributed by atoms with E-state index in [0.717, 1.165) is 81.4 Å². The van der Waals surface area contributed by atoms with E-state index in [1.165, 1.54) is 0 Å². The molecule has 3 saturated heterocycles. The van der Waals surface area contributed by atoms with Gasteiger partial charge in [-0.05, 0) is 42.8 Å². The van der Waals surface area contributed by atoms with Gasteiger partial charge in [-0.3, -0.25) is 4.90 Å². The van der Waals surface area contributed by atoms with Crippen LogP contribution in [0, 0.1) is 11.3 Å². The van der Waals surface area contributed by atoms with E-state index in [0.29, 0.717) is 42.8 Å². The summed E-state index contributed by atoms with van der Waals surface area (Å²) < 4.78 is 17.0. The van der Waals surface area contributed by atoms with E-state index >= 15 is 0 Å². The average molecular weight is 528 g/mol. The lowest BCUT2D eigenvalue weighted by molar-refractivity contribution is 0.0209. The molecule has 1 atom stereocenters. The molecule has 0 amide bonds. The largest absolute Gasteiger partial charge is 0.489 e. The molecule has 1 aromatic carbocycles. The molecular weight excluding hydrogens is 494 g/mol. The number of nitrogens with zero attached hydrogens (tertiary/aromatic N) is 7. The molecule has 0 spiro atoms. The van der Waals surface area contributed by atoms with Gasteiger partial charge in [-0.15, -0.1) is 5.10 Å². The van der Waals surface area contributed by atoms with Crippen molar-refractivity contribution in [3.63, 3.8) is 0 Å². The summed E-state index contributed by atoms with van der Waals surface area (Å²) in [6, 6.07) is 14.4. The van der Waals surface area contributed by atoms with Gasteiger partial charge in [0.25, 0.3) is 0 Å². The Bertz CT molecular complexity index is 1300. The summed E-state index contributed by atoms with van der Waals surface area (Å²) in [5.74, 6) is 2.17. The lowest BCUT2D eigenvalue weighted by Crippen LogP contribution is -2.44.